The third kappa shape index (κ3) is 3.69. The van der Waals surface area contributed by atoms with Crippen molar-refractivity contribution in [3.63, 3.8) is 0 Å². The first-order valence-corrected chi connectivity index (χ1v) is 8.44. The number of hydrogen-bond donors (Lipinski definition) is 2. The van der Waals surface area contributed by atoms with Crippen LogP contribution >= 0.6 is 11.6 Å². The van der Waals surface area contributed by atoms with Gasteiger partial charge in [-0.25, -0.2) is 17.5 Å². The second-order valence-corrected chi connectivity index (χ2v) is 7.63. The summed E-state index contributed by atoms with van der Waals surface area (Å²) in [6, 6.07) is 3.90. The van der Waals surface area contributed by atoms with Crippen molar-refractivity contribution in [3.8, 4) is 0 Å². The van der Waals surface area contributed by atoms with Gasteiger partial charge in [0.2, 0.25) is 10.0 Å². The molecule has 1 fully saturated rings. The predicted octanol–water partition coefficient (Wildman–Crippen LogP) is 2.03. The number of nitrogens with two attached hydrogens (primary N) is 1. The molecular formula is C13H18ClFN2O2S. The van der Waals surface area contributed by atoms with Crippen molar-refractivity contribution in [1.82, 2.24) is 4.72 Å². The summed E-state index contributed by atoms with van der Waals surface area (Å²) in [5.41, 5.74) is 5.53. The van der Waals surface area contributed by atoms with Gasteiger partial charge in [-0.2, -0.15) is 0 Å². The molecule has 1 aromatic rings. The summed E-state index contributed by atoms with van der Waals surface area (Å²) in [6.07, 6.45) is 1.97. The maximum absolute atomic E-state index is 13.1. The number of halogens is 2. The van der Waals surface area contributed by atoms with Gasteiger partial charge in [0.1, 0.15) is 5.82 Å². The maximum atomic E-state index is 13.1. The number of hydrogen-bond acceptors (Lipinski definition) is 3. The summed E-state index contributed by atoms with van der Waals surface area (Å²) in [7, 11) is -3.55. The Morgan fingerprint density at radius 3 is 2.65 bits per heavy atom. The lowest BCUT2D eigenvalue weighted by Gasteiger charge is -2.29. The van der Waals surface area contributed by atoms with E-state index in [2.05, 4.69) is 4.72 Å². The maximum Gasteiger partial charge on any atom is 0.216 e. The Morgan fingerprint density at radius 1 is 1.50 bits per heavy atom. The van der Waals surface area contributed by atoms with Crippen LogP contribution < -0.4 is 10.5 Å². The molecule has 1 unspecified atom stereocenters. The van der Waals surface area contributed by atoms with Gasteiger partial charge in [-0.1, -0.05) is 17.7 Å². The van der Waals surface area contributed by atoms with E-state index in [1.54, 1.807) is 0 Å². The van der Waals surface area contributed by atoms with Crippen molar-refractivity contribution < 1.29 is 12.8 Å². The molecule has 0 bridgehead atoms. The largest absolute Gasteiger partial charge is 0.329 e. The summed E-state index contributed by atoms with van der Waals surface area (Å²) in [5.74, 6) is -0.514. The first kappa shape index (κ1) is 15.7. The molecule has 0 amide bonds. The summed E-state index contributed by atoms with van der Waals surface area (Å²) in [5, 5.41) is -0.0820. The van der Waals surface area contributed by atoms with Gasteiger partial charge in [0, 0.05) is 12.1 Å². The topological polar surface area (TPSA) is 72.2 Å². The van der Waals surface area contributed by atoms with Crippen molar-refractivity contribution in [1.29, 1.82) is 0 Å². The Morgan fingerprint density at radius 2 is 2.15 bits per heavy atom. The highest BCUT2D eigenvalue weighted by Gasteiger charge is 2.42. The zero-order valence-electron chi connectivity index (χ0n) is 11.2. The van der Waals surface area contributed by atoms with Crippen molar-refractivity contribution in [2.75, 3.05) is 6.54 Å². The molecule has 1 aliphatic carbocycles. The Bertz CT molecular complexity index is 604. The standard InChI is InChI=1S/C13H18ClFN2O2S/c1-13(8-16,10-3-4-10)17-20(18,19)7-9-2-5-12(15)11(14)6-9/h2,5-6,10,17H,3-4,7-8,16H2,1H3. The molecule has 1 atom stereocenters. The summed E-state index contributed by atoms with van der Waals surface area (Å²) >= 11 is 5.65. The highest BCUT2D eigenvalue weighted by atomic mass is 35.5. The molecule has 0 aromatic heterocycles. The van der Waals surface area contributed by atoms with E-state index in [4.69, 9.17) is 17.3 Å². The van der Waals surface area contributed by atoms with Crippen LogP contribution in [0.15, 0.2) is 18.2 Å². The van der Waals surface area contributed by atoms with E-state index in [1.807, 2.05) is 6.92 Å². The second-order valence-electron chi connectivity index (χ2n) is 5.51. The summed E-state index contributed by atoms with van der Waals surface area (Å²) in [6.45, 7) is 2.07. The lowest BCUT2D eigenvalue weighted by Crippen LogP contribution is -2.53. The molecule has 0 saturated heterocycles. The van der Waals surface area contributed by atoms with E-state index in [0.29, 0.717) is 11.5 Å². The number of benzene rings is 1. The van der Waals surface area contributed by atoms with Gasteiger partial charge < -0.3 is 5.73 Å². The van der Waals surface area contributed by atoms with Crippen LogP contribution in [0, 0.1) is 11.7 Å². The highest BCUT2D eigenvalue weighted by molar-refractivity contribution is 7.88. The van der Waals surface area contributed by atoms with Gasteiger partial charge in [-0.15, -0.1) is 0 Å². The summed E-state index contributed by atoms with van der Waals surface area (Å²) < 4.78 is 40.1. The van der Waals surface area contributed by atoms with Crippen LogP contribution in [0.25, 0.3) is 0 Å². The van der Waals surface area contributed by atoms with E-state index < -0.39 is 21.4 Å². The third-order valence-electron chi connectivity index (χ3n) is 3.63. The SMILES string of the molecule is CC(CN)(NS(=O)(=O)Cc1ccc(F)c(Cl)c1)C1CC1. The van der Waals surface area contributed by atoms with Crippen molar-refractivity contribution in [2.45, 2.75) is 31.1 Å². The van der Waals surface area contributed by atoms with E-state index in [-0.39, 0.29) is 17.3 Å². The van der Waals surface area contributed by atoms with Gasteiger partial charge in [0.25, 0.3) is 0 Å². The molecular weight excluding hydrogens is 303 g/mol. The van der Waals surface area contributed by atoms with E-state index in [0.717, 1.165) is 18.9 Å². The molecule has 3 N–H and O–H groups in total. The highest BCUT2D eigenvalue weighted by Crippen LogP contribution is 2.39. The fraction of sp³-hybridized carbons (Fsp3) is 0.538. The van der Waals surface area contributed by atoms with E-state index in [9.17, 15) is 12.8 Å². The predicted molar refractivity (Wildman–Crippen MR) is 77.4 cm³/mol. The second kappa shape index (κ2) is 5.60. The third-order valence-corrected chi connectivity index (χ3v) is 5.41. The average Bonchev–Trinajstić information content (AvgIpc) is 3.17. The molecule has 0 aliphatic heterocycles. The molecule has 1 saturated carbocycles. The molecule has 0 spiro atoms. The Labute approximate surface area is 123 Å². The lowest BCUT2D eigenvalue weighted by atomic mass is 9.98. The molecule has 4 nitrogen and oxygen atoms in total. The average molecular weight is 321 g/mol. The molecule has 112 valence electrons. The fourth-order valence-electron chi connectivity index (χ4n) is 2.25. The molecule has 2 rings (SSSR count). The van der Waals surface area contributed by atoms with Crippen molar-refractivity contribution >= 4 is 21.6 Å². The zero-order valence-corrected chi connectivity index (χ0v) is 12.8. The van der Waals surface area contributed by atoms with E-state index in [1.165, 1.54) is 12.1 Å². The van der Waals surface area contributed by atoms with Gasteiger partial charge >= 0.3 is 0 Å². The molecule has 20 heavy (non-hydrogen) atoms. The molecule has 1 aromatic carbocycles. The Balaban J connectivity index is 2.12. The van der Waals surface area contributed by atoms with E-state index >= 15 is 0 Å². The van der Waals surface area contributed by atoms with Gasteiger partial charge in [0.05, 0.1) is 10.8 Å². The first-order valence-electron chi connectivity index (χ1n) is 6.41. The molecule has 7 heteroatoms. The molecule has 1 aliphatic rings. The number of sulfonamides is 1. The van der Waals surface area contributed by atoms with Gasteiger partial charge in [0.15, 0.2) is 0 Å². The van der Waals surface area contributed by atoms with Crippen LogP contribution in [0.5, 0.6) is 0 Å². The van der Waals surface area contributed by atoms with Crippen LogP contribution in [0.4, 0.5) is 4.39 Å². The number of rotatable bonds is 6. The minimum absolute atomic E-state index is 0.0820. The van der Waals surface area contributed by atoms with Gasteiger partial charge in [-0.05, 0) is 43.4 Å². The van der Waals surface area contributed by atoms with Crippen LogP contribution in [0.2, 0.25) is 5.02 Å². The van der Waals surface area contributed by atoms with Crippen molar-refractivity contribution in [2.24, 2.45) is 11.7 Å². The summed E-state index contributed by atoms with van der Waals surface area (Å²) in [4.78, 5) is 0. The van der Waals surface area contributed by atoms with Gasteiger partial charge in [-0.3, -0.25) is 0 Å². The number of nitrogens with one attached hydrogen (secondary N) is 1. The smallest absolute Gasteiger partial charge is 0.216 e. The monoisotopic (exact) mass is 320 g/mol. The van der Waals surface area contributed by atoms with Crippen LogP contribution in [0.1, 0.15) is 25.3 Å². The van der Waals surface area contributed by atoms with Crippen molar-refractivity contribution in [3.05, 3.63) is 34.6 Å². The minimum Gasteiger partial charge on any atom is -0.329 e. The van der Waals surface area contributed by atoms with Crippen LogP contribution in [-0.4, -0.2) is 20.5 Å². The minimum atomic E-state index is -3.55. The van der Waals surface area contributed by atoms with Crippen LogP contribution in [0.3, 0.4) is 0 Å². The Kier molecular flexibility index (Phi) is 4.39. The normalized spacial score (nSPS) is 18.8. The zero-order chi connectivity index (χ0) is 15.0. The fourth-order valence-corrected chi connectivity index (χ4v) is 4.11. The molecule has 0 heterocycles. The quantitative estimate of drug-likeness (QED) is 0.842. The van der Waals surface area contributed by atoms with Crippen LogP contribution in [-0.2, 0) is 15.8 Å². The first-order chi connectivity index (χ1) is 9.26. The lowest BCUT2D eigenvalue weighted by molar-refractivity contribution is 0.374. The molecule has 0 radical (unpaired) electrons. The Hall–Kier alpha value is -0.690.